The molecule has 0 bridgehead atoms. The van der Waals surface area contributed by atoms with Crippen LogP contribution in [0.1, 0.15) is 43.4 Å². The van der Waals surface area contributed by atoms with Crippen LogP contribution in [0.2, 0.25) is 0 Å². The topological polar surface area (TPSA) is 83.6 Å². The van der Waals surface area contributed by atoms with E-state index in [0.29, 0.717) is 38.7 Å². The molecule has 4 rings (SSSR count). The van der Waals surface area contributed by atoms with Crippen LogP contribution in [0.5, 0.6) is 0 Å². The number of hydrogen-bond acceptors (Lipinski definition) is 6. The number of carbonyl (C=O) groups excluding carboxylic acids is 1. The molecule has 0 spiro atoms. The Kier molecular flexibility index (Phi) is 5.00. The molecule has 25 heavy (non-hydrogen) atoms. The zero-order chi connectivity index (χ0) is 17.2. The number of H-pyrrole nitrogens is 1. The van der Waals surface area contributed by atoms with Gasteiger partial charge in [0.15, 0.2) is 5.82 Å². The van der Waals surface area contributed by atoms with Crippen molar-refractivity contribution in [2.75, 3.05) is 39.4 Å². The van der Waals surface area contributed by atoms with E-state index in [9.17, 15) is 4.79 Å². The summed E-state index contributed by atoms with van der Waals surface area (Å²) >= 11 is 0. The Labute approximate surface area is 147 Å². The molecule has 1 aromatic rings. The summed E-state index contributed by atoms with van der Waals surface area (Å²) in [5, 5.41) is 7.05. The maximum Gasteiger partial charge on any atom is 0.237 e. The van der Waals surface area contributed by atoms with Crippen molar-refractivity contribution in [3.8, 4) is 0 Å². The van der Waals surface area contributed by atoms with Gasteiger partial charge in [-0.25, -0.2) is 4.98 Å². The lowest BCUT2D eigenvalue weighted by Crippen LogP contribution is -2.57. The van der Waals surface area contributed by atoms with Crippen LogP contribution < -0.4 is 0 Å². The van der Waals surface area contributed by atoms with Crippen LogP contribution in [-0.4, -0.2) is 82.4 Å². The van der Waals surface area contributed by atoms with E-state index >= 15 is 0 Å². The Balaban J connectivity index is 1.36. The molecule has 3 aliphatic rings. The smallest absolute Gasteiger partial charge is 0.237 e. The predicted octanol–water partition coefficient (Wildman–Crippen LogP) is 0.656. The standard InChI is InChI=1S/C17H27N5O3/c1-12-18-17(20-19-12)15-10-21(6-8-25-15)11-16(23)22-7-9-24-14-5-3-2-4-13(14)22/h13-15H,2-11H2,1H3,(H,18,19,20). The number of carbonyl (C=O) groups is 1. The van der Waals surface area contributed by atoms with Gasteiger partial charge in [0.1, 0.15) is 11.9 Å². The van der Waals surface area contributed by atoms with Crippen molar-refractivity contribution in [3.63, 3.8) is 0 Å². The van der Waals surface area contributed by atoms with Crippen LogP contribution >= 0.6 is 0 Å². The number of hydrogen-bond donors (Lipinski definition) is 1. The van der Waals surface area contributed by atoms with E-state index in [0.717, 1.165) is 25.2 Å². The highest BCUT2D eigenvalue weighted by molar-refractivity contribution is 5.78. The Morgan fingerprint density at radius 2 is 2.08 bits per heavy atom. The monoisotopic (exact) mass is 349 g/mol. The first kappa shape index (κ1) is 16.9. The van der Waals surface area contributed by atoms with Gasteiger partial charge in [-0.3, -0.25) is 14.8 Å². The normalized spacial score (nSPS) is 30.9. The van der Waals surface area contributed by atoms with Crippen molar-refractivity contribution in [1.29, 1.82) is 0 Å². The van der Waals surface area contributed by atoms with Crippen LogP contribution in [-0.2, 0) is 14.3 Å². The first-order valence-corrected chi connectivity index (χ1v) is 9.34. The number of rotatable bonds is 3. The van der Waals surface area contributed by atoms with Gasteiger partial charge in [-0.1, -0.05) is 12.8 Å². The van der Waals surface area contributed by atoms with Gasteiger partial charge < -0.3 is 14.4 Å². The number of morpholine rings is 2. The van der Waals surface area contributed by atoms with Crippen LogP contribution in [0.15, 0.2) is 0 Å². The first-order valence-electron chi connectivity index (χ1n) is 9.34. The fourth-order valence-corrected chi connectivity index (χ4v) is 4.19. The number of amides is 1. The highest BCUT2D eigenvalue weighted by Gasteiger charge is 2.37. The highest BCUT2D eigenvalue weighted by atomic mass is 16.5. The number of aromatic nitrogens is 3. The van der Waals surface area contributed by atoms with Gasteiger partial charge in [-0.2, -0.15) is 5.10 Å². The third-order valence-electron chi connectivity index (χ3n) is 5.46. The van der Waals surface area contributed by atoms with Gasteiger partial charge >= 0.3 is 0 Å². The van der Waals surface area contributed by atoms with E-state index in [2.05, 4.69) is 25.0 Å². The molecule has 0 radical (unpaired) electrons. The number of nitrogens with zero attached hydrogens (tertiary/aromatic N) is 4. The molecule has 0 aromatic carbocycles. The summed E-state index contributed by atoms with van der Waals surface area (Å²) in [6.07, 6.45) is 4.62. The third-order valence-corrected chi connectivity index (χ3v) is 5.46. The second-order valence-electron chi connectivity index (χ2n) is 7.22. The summed E-state index contributed by atoms with van der Waals surface area (Å²) < 4.78 is 11.7. The van der Waals surface area contributed by atoms with Gasteiger partial charge in [0.05, 0.1) is 31.9 Å². The van der Waals surface area contributed by atoms with Gasteiger partial charge in [-0.15, -0.1) is 0 Å². The molecule has 1 N–H and O–H groups in total. The number of ether oxygens (including phenoxy) is 2. The van der Waals surface area contributed by atoms with Gasteiger partial charge in [0.2, 0.25) is 5.91 Å². The average Bonchev–Trinajstić information content (AvgIpc) is 3.08. The van der Waals surface area contributed by atoms with Gasteiger partial charge in [-0.05, 0) is 19.8 Å². The molecule has 3 fully saturated rings. The molecule has 8 heteroatoms. The molecule has 1 amide bonds. The van der Waals surface area contributed by atoms with Crippen molar-refractivity contribution in [2.24, 2.45) is 0 Å². The van der Waals surface area contributed by atoms with Gasteiger partial charge in [0, 0.05) is 19.6 Å². The summed E-state index contributed by atoms with van der Waals surface area (Å²) in [4.78, 5) is 21.5. The third kappa shape index (κ3) is 3.70. The van der Waals surface area contributed by atoms with E-state index < -0.39 is 0 Å². The lowest BCUT2D eigenvalue weighted by atomic mass is 9.90. The van der Waals surface area contributed by atoms with E-state index in [4.69, 9.17) is 9.47 Å². The first-order chi connectivity index (χ1) is 12.2. The second kappa shape index (κ2) is 7.39. The lowest BCUT2D eigenvalue weighted by molar-refractivity contribution is -0.152. The summed E-state index contributed by atoms with van der Waals surface area (Å²) in [6.45, 7) is 5.71. The minimum absolute atomic E-state index is 0.168. The number of aromatic amines is 1. The van der Waals surface area contributed by atoms with Crippen LogP contribution in [0.25, 0.3) is 0 Å². The number of fused-ring (bicyclic) bond motifs is 1. The van der Waals surface area contributed by atoms with Crippen molar-refractivity contribution >= 4 is 5.91 Å². The van der Waals surface area contributed by atoms with Crippen molar-refractivity contribution in [1.82, 2.24) is 25.0 Å². The predicted molar refractivity (Wildman–Crippen MR) is 90.0 cm³/mol. The summed E-state index contributed by atoms with van der Waals surface area (Å²) in [5.74, 6) is 1.67. The second-order valence-corrected chi connectivity index (χ2v) is 7.22. The maximum absolute atomic E-state index is 12.9. The van der Waals surface area contributed by atoms with E-state index in [1.54, 1.807) is 0 Å². The fraction of sp³-hybridized carbons (Fsp3) is 0.824. The molecule has 3 atom stereocenters. The van der Waals surface area contributed by atoms with E-state index in [1.807, 2.05) is 6.92 Å². The Morgan fingerprint density at radius 3 is 2.92 bits per heavy atom. The van der Waals surface area contributed by atoms with Crippen LogP contribution in [0.3, 0.4) is 0 Å². The molecular formula is C17H27N5O3. The highest BCUT2D eigenvalue weighted by Crippen LogP contribution is 2.29. The van der Waals surface area contributed by atoms with Crippen molar-refractivity contribution < 1.29 is 14.3 Å². The summed E-state index contributed by atoms with van der Waals surface area (Å²) in [6, 6.07) is 0.266. The molecule has 1 aliphatic carbocycles. The van der Waals surface area contributed by atoms with Crippen molar-refractivity contribution in [3.05, 3.63) is 11.6 Å². The van der Waals surface area contributed by atoms with E-state index in [1.165, 1.54) is 12.8 Å². The Bertz CT molecular complexity index is 605. The quantitative estimate of drug-likeness (QED) is 0.863. The van der Waals surface area contributed by atoms with Gasteiger partial charge in [0.25, 0.3) is 0 Å². The summed E-state index contributed by atoms with van der Waals surface area (Å²) in [5.41, 5.74) is 0. The largest absolute Gasteiger partial charge is 0.374 e. The number of aryl methyl sites for hydroxylation is 1. The summed E-state index contributed by atoms with van der Waals surface area (Å²) in [7, 11) is 0. The molecule has 138 valence electrons. The Morgan fingerprint density at radius 1 is 1.24 bits per heavy atom. The molecule has 2 aliphatic heterocycles. The zero-order valence-electron chi connectivity index (χ0n) is 14.8. The lowest BCUT2D eigenvalue weighted by Gasteiger charge is -2.44. The molecule has 1 saturated carbocycles. The molecular weight excluding hydrogens is 322 g/mol. The van der Waals surface area contributed by atoms with Crippen LogP contribution in [0.4, 0.5) is 0 Å². The minimum atomic E-state index is -0.168. The molecule has 3 heterocycles. The average molecular weight is 349 g/mol. The minimum Gasteiger partial charge on any atom is -0.374 e. The molecule has 8 nitrogen and oxygen atoms in total. The molecule has 2 saturated heterocycles. The van der Waals surface area contributed by atoms with E-state index in [-0.39, 0.29) is 24.2 Å². The Hall–Kier alpha value is -1.51. The van der Waals surface area contributed by atoms with Crippen LogP contribution in [0, 0.1) is 6.92 Å². The molecule has 3 unspecified atom stereocenters. The zero-order valence-corrected chi connectivity index (χ0v) is 14.8. The fourth-order valence-electron chi connectivity index (χ4n) is 4.19. The molecule has 1 aromatic heterocycles. The van der Waals surface area contributed by atoms with Crippen molar-refractivity contribution in [2.45, 2.75) is 50.9 Å². The maximum atomic E-state index is 12.9. The SMILES string of the molecule is Cc1nc(C2CN(CC(=O)N3CCOC4CCCCC43)CCO2)n[nH]1. The number of nitrogens with one attached hydrogen (secondary N) is 1.